The molecule has 1 aliphatic heterocycles. The van der Waals surface area contributed by atoms with Crippen LogP contribution in [-0.2, 0) is 6.54 Å². The second-order valence-corrected chi connectivity index (χ2v) is 4.34. The molecule has 1 aromatic carbocycles. The predicted molar refractivity (Wildman–Crippen MR) is 68.9 cm³/mol. The monoisotopic (exact) mass is 247 g/mol. The van der Waals surface area contributed by atoms with E-state index in [1.54, 1.807) is 0 Å². The fraction of sp³-hybridized carbons (Fsp3) is 0.429. The van der Waals surface area contributed by atoms with Crippen molar-refractivity contribution in [3.8, 4) is 29.6 Å². The van der Waals surface area contributed by atoms with Crippen LogP contribution >= 0.6 is 0 Å². The highest BCUT2D eigenvalue weighted by Crippen LogP contribution is 2.38. The first-order valence-corrected chi connectivity index (χ1v) is 5.93. The van der Waals surface area contributed by atoms with Gasteiger partial charge >= 0.3 is 0 Å². The van der Waals surface area contributed by atoms with E-state index in [2.05, 4.69) is 25.1 Å². The molecule has 1 N–H and O–H groups in total. The van der Waals surface area contributed by atoms with Crippen LogP contribution in [0.25, 0.3) is 0 Å². The predicted octanol–water partition coefficient (Wildman–Crippen LogP) is 1.93. The number of terminal acetylenes is 1. The lowest BCUT2D eigenvalue weighted by Crippen LogP contribution is -2.22. The summed E-state index contributed by atoms with van der Waals surface area (Å²) >= 11 is 0. The smallest absolute Gasteiger partial charge is 0.231 e. The van der Waals surface area contributed by atoms with Gasteiger partial charge in [0, 0.05) is 24.2 Å². The molecule has 2 rings (SSSR count). The van der Waals surface area contributed by atoms with Crippen molar-refractivity contribution in [2.75, 3.05) is 13.4 Å². The van der Waals surface area contributed by atoms with Crippen LogP contribution in [0.2, 0.25) is 0 Å². The number of ether oxygens (including phenoxy) is 3. The summed E-state index contributed by atoms with van der Waals surface area (Å²) in [6.45, 7) is 5.39. The summed E-state index contributed by atoms with van der Waals surface area (Å²) < 4.78 is 16.2. The Morgan fingerprint density at radius 2 is 2.11 bits per heavy atom. The molecule has 1 aromatic rings. The van der Waals surface area contributed by atoms with Crippen LogP contribution in [0.1, 0.15) is 19.4 Å². The average molecular weight is 247 g/mol. The molecular formula is C14H17NO3. The third kappa shape index (κ3) is 2.88. The normalized spacial score (nSPS) is 12.6. The van der Waals surface area contributed by atoms with Gasteiger partial charge in [-0.25, -0.2) is 0 Å². The molecule has 4 nitrogen and oxygen atoms in total. The molecule has 1 heterocycles. The molecule has 96 valence electrons. The molecule has 18 heavy (non-hydrogen) atoms. The van der Waals surface area contributed by atoms with Crippen LogP contribution in [0, 0.1) is 12.3 Å². The molecule has 0 aromatic heterocycles. The molecule has 0 saturated heterocycles. The highest BCUT2D eigenvalue weighted by atomic mass is 16.7. The van der Waals surface area contributed by atoms with Crippen LogP contribution in [0.3, 0.4) is 0 Å². The van der Waals surface area contributed by atoms with Crippen molar-refractivity contribution in [3.63, 3.8) is 0 Å². The highest BCUT2D eigenvalue weighted by Gasteiger charge is 2.18. The summed E-state index contributed by atoms with van der Waals surface area (Å²) in [4.78, 5) is 0. The van der Waals surface area contributed by atoms with Gasteiger partial charge in [-0.1, -0.05) is 19.8 Å². The minimum atomic E-state index is 0.244. The third-order valence-electron chi connectivity index (χ3n) is 2.57. The van der Waals surface area contributed by atoms with E-state index in [1.807, 2.05) is 12.1 Å². The molecule has 0 radical (unpaired) electrons. The molecule has 4 heteroatoms. The van der Waals surface area contributed by atoms with Gasteiger partial charge in [0.2, 0.25) is 6.79 Å². The van der Waals surface area contributed by atoms with Crippen molar-refractivity contribution in [1.82, 2.24) is 5.32 Å². The second-order valence-electron chi connectivity index (χ2n) is 4.34. The third-order valence-corrected chi connectivity index (χ3v) is 2.57. The van der Waals surface area contributed by atoms with Gasteiger partial charge in [0.15, 0.2) is 11.5 Å². The summed E-state index contributed by atoms with van der Waals surface area (Å²) in [7, 11) is 0. The molecule has 0 fully saturated rings. The molecule has 1 aliphatic rings. The van der Waals surface area contributed by atoms with Gasteiger partial charge in [-0.3, -0.25) is 0 Å². The van der Waals surface area contributed by atoms with Gasteiger partial charge in [-0.05, 0) is 6.07 Å². The van der Waals surface area contributed by atoms with Crippen LogP contribution in [-0.4, -0.2) is 19.4 Å². The summed E-state index contributed by atoms with van der Waals surface area (Å²) in [5.74, 6) is 4.66. The number of fused-ring (bicyclic) bond motifs is 1. The number of benzene rings is 1. The van der Waals surface area contributed by atoms with Gasteiger partial charge in [0.25, 0.3) is 0 Å². The van der Waals surface area contributed by atoms with E-state index in [9.17, 15) is 0 Å². The number of nitrogens with one attached hydrogen (secondary N) is 1. The number of hydrogen-bond acceptors (Lipinski definition) is 4. The van der Waals surface area contributed by atoms with E-state index in [-0.39, 0.29) is 13.4 Å². The Hall–Kier alpha value is -1.86. The Kier molecular flexibility index (Phi) is 3.96. The second kappa shape index (κ2) is 5.65. The molecule has 0 unspecified atom stereocenters. The lowest BCUT2D eigenvalue weighted by Gasteiger charge is -2.13. The Bertz CT molecular complexity index is 463. The zero-order valence-corrected chi connectivity index (χ0v) is 10.7. The van der Waals surface area contributed by atoms with E-state index in [0.29, 0.717) is 18.3 Å². The van der Waals surface area contributed by atoms with Crippen LogP contribution in [0.15, 0.2) is 12.1 Å². The van der Waals surface area contributed by atoms with E-state index in [4.69, 9.17) is 20.6 Å². The first-order chi connectivity index (χ1) is 8.70. The molecule has 0 aliphatic carbocycles. The minimum Gasteiger partial charge on any atom is -0.480 e. The minimum absolute atomic E-state index is 0.244. The molecular weight excluding hydrogens is 230 g/mol. The Morgan fingerprint density at radius 1 is 1.39 bits per heavy atom. The maximum absolute atomic E-state index is 5.53. The lowest BCUT2D eigenvalue weighted by atomic mass is 10.1. The van der Waals surface area contributed by atoms with Crippen molar-refractivity contribution in [1.29, 1.82) is 0 Å². The van der Waals surface area contributed by atoms with Crippen molar-refractivity contribution in [2.24, 2.45) is 0 Å². The Morgan fingerprint density at radius 3 is 2.78 bits per heavy atom. The van der Waals surface area contributed by atoms with Crippen molar-refractivity contribution in [3.05, 3.63) is 17.7 Å². The molecule has 0 saturated carbocycles. The summed E-state index contributed by atoms with van der Waals surface area (Å²) in [6, 6.07) is 4.16. The zero-order valence-electron chi connectivity index (χ0n) is 10.7. The standard InChI is InChI=1S/C14H17NO3/c1-4-5-16-12-7-14-13(17-9-18-14)6-11(12)8-15-10(2)3/h1,6-7,10,15H,5,8-9H2,2-3H3. The summed E-state index contributed by atoms with van der Waals surface area (Å²) in [5, 5.41) is 3.34. The van der Waals surface area contributed by atoms with Crippen LogP contribution in [0.5, 0.6) is 17.2 Å². The molecule has 0 atom stereocenters. The van der Waals surface area contributed by atoms with E-state index in [0.717, 1.165) is 17.1 Å². The number of rotatable bonds is 5. The number of hydrogen-bond donors (Lipinski definition) is 1. The average Bonchev–Trinajstić information content (AvgIpc) is 2.79. The van der Waals surface area contributed by atoms with Crippen molar-refractivity contribution < 1.29 is 14.2 Å². The van der Waals surface area contributed by atoms with Gasteiger partial charge in [0.1, 0.15) is 12.4 Å². The van der Waals surface area contributed by atoms with Crippen LogP contribution < -0.4 is 19.5 Å². The fourth-order valence-corrected chi connectivity index (χ4v) is 1.67. The van der Waals surface area contributed by atoms with Gasteiger partial charge in [-0.2, -0.15) is 0 Å². The first-order valence-electron chi connectivity index (χ1n) is 5.93. The Balaban J connectivity index is 2.21. The van der Waals surface area contributed by atoms with Gasteiger partial charge < -0.3 is 19.5 Å². The lowest BCUT2D eigenvalue weighted by molar-refractivity contribution is 0.174. The summed E-state index contributed by atoms with van der Waals surface area (Å²) in [5.41, 5.74) is 1.02. The highest BCUT2D eigenvalue weighted by molar-refractivity contribution is 5.51. The maximum atomic E-state index is 5.53. The van der Waals surface area contributed by atoms with E-state index >= 15 is 0 Å². The van der Waals surface area contributed by atoms with Crippen molar-refractivity contribution in [2.45, 2.75) is 26.4 Å². The molecule has 0 spiro atoms. The van der Waals surface area contributed by atoms with Gasteiger partial charge in [-0.15, -0.1) is 6.42 Å². The Labute approximate surface area is 107 Å². The van der Waals surface area contributed by atoms with Crippen LogP contribution in [0.4, 0.5) is 0 Å². The summed E-state index contributed by atoms with van der Waals surface area (Å²) in [6.07, 6.45) is 5.21. The quantitative estimate of drug-likeness (QED) is 0.807. The first kappa shape index (κ1) is 12.6. The van der Waals surface area contributed by atoms with E-state index < -0.39 is 0 Å². The SMILES string of the molecule is C#CCOc1cc2c(cc1CNC(C)C)OCO2. The van der Waals surface area contributed by atoms with Gasteiger partial charge in [0.05, 0.1) is 0 Å². The zero-order chi connectivity index (χ0) is 13.0. The molecule has 0 bridgehead atoms. The topological polar surface area (TPSA) is 39.7 Å². The maximum Gasteiger partial charge on any atom is 0.231 e. The van der Waals surface area contributed by atoms with E-state index in [1.165, 1.54) is 0 Å². The van der Waals surface area contributed by atoms with Crippen molar-refractivity contribution >= 4 is 0 Å². The largest absolute Gasteiger partial charge is 0.480 e. The fourth-order valence-electron chi connectivity index (χ4n) is 1.67. The molecule has 0 amide bonds.